The monoisotopic (exact) mass is 453 g/mol. The molecule has 0 saturated carbocycles. The number of aromatic amines is 1. The predicted molar refractivity (Wildman–Crippen MR) is 127 cm³/mol. The molecule has 0 aliphatic carbocycles. The summed E-state index contributed by atoms with van der Waals surface area (Å²) in [6, 6.07) is 3.84. The van der Waals surface area contributed by atoms with Gasteiger partial charge in [-0.25, -0.2) is 18.7 Å². The van der Waals surface area contributed by atoms with Crippen LogP contribution in [0.4, 0.5) is 14.7 Å². The molecule has 0 bridgehead atoms. The maximum atomic E-state index is 15.2. The molecule has 0 spiro atoms. The van der Waals surface area contributed by atoms with Crippen LogP contribution >= 0.6 is 0 Å². The number of anilines is 1. The second kappa shape index (κ2) is 8.06. The van der Waals surface area contributed by atoms with Gasteiger partial charge in [-0.3, -0.25) is 0 Å². The molecule has 0 unspecified atom stereocenters. The van der Waals surface area contributed by atoms with Gasteiger partial charge in [-0.1, -0.05) is 0 Å². The van der Waals surface area contributed by atoms with E-state index in [2.05, 4.69) is 41.8 Å². The van der Waals surface area contributed by atoms with Crippen LogP contribution in [0.2, 0.25) is 0 Å². The van der Waals surface area contributed by atoms with Crippen molar-refractivity contribution in [3.05, 3.63) is 36.2 Å². The Morgan fingerprint density at radius 3 is 2.70 bits per heavy atom. The van der Waals surface area contributed by atoms with Gasteiger partial charge < -0.3 is 19.8 Å². The summed E-state index contributed by atoms with van der Waals surface area (Å²) in [7, 11) is 2.13. The summed E-state index contributed by atoms with van der Waals surface area (Å²) in [4.78, 5) is 18.8. The van der Waals surface area contributed by atoms with Gasteiger partial charge in [-0.2, -0.15) is 4.98 Å². The number of halogens is 2. The first kappa shape index (κ1) is 21.8. The van der Waals surface area contributed by atoms with Gasteiger partial charge in [-0.15, -0.1) is 0 Å². The Morgan fingerprint density at radius 2 is 1.97 bits per heavy atom. The summed E-state index contributed by atoms with van der Waals surface area (Å²) >= 11 is 0. The number of hydrogen-bond acceptors (Lipinski definition) is 5. The molecule has 9 heteroatoms. The summed E-state index contributed by atoms with van der Waals surface area (Å²) in [5.74, 6) is 0.847. The zero-order valence-corrected chi connectivity index (χ0v) is 19.4. The number of nitrogens with zero attached hydrogens (tertiary/aromatic N) is 5. The Bertz CT molecular complexity index is 1310. The molecule has 1 aliphatic heterocycles. The fourth-order valence-electron chi connectivity index (χ4n) is 4.66. The van der Waals surface area contributed by atoms with Crippen LogP contribution in [0, 0.1) is 12.7 Å². The molecule has 0 radical (unpaired) electrons. The second-order valence-electron chi connectivity index (χ2n) is 9.62. The molecule has 4 heterocycles. The molecule has 5 rings (SSSR count). The number of nitrogens with one attached hydrogen (secondary N) is 2. The molecule has 1 aliphatic rings. The van der Waals surface area contributed by atoms with E-state index in [4.69, 9.17) is 0 Å². The largest absolute Gasteiger partial charge is 0.351 e. The Kier molecular flexibility index (Phi) is 5.31. The van der Waals surface area contributed by atoms with Crippen LogP contribution in [-0.2, 0) is 0 Å². The summed E-state index contributed by atoms with van der Waals surface area (Å²) in [5, 5.41) is 3.70. The highest BCUT2D eigenvalue weighted by Gasteiger charge is 2.24. The van der Waals surface area contributed by atoms with Crippen LogP contribution < -0.4 is 5.32 Å². The quantitative estimate of drug-likeness (QED) is 0.452. The number of aryl methyl sites for hydroxylation is 1. The molecule has 4 aromatic rings. The number of imidazole rings is 1. The lowest BCUT2D eigenvalue weighted by Crippen LogP contribution is -2.31. The van der Waals surface area contributed by atoms with Crippen molar-refractivity contribution < 1.29 is 8.78 Å². The first-order valence-electron chi connectivity index (χ1n) is 11.3. The number of benzene rings is 1. The number of alkyl halides is 1. The number of aromatic nitrogens is 5. The molecule has 2 N–H and O–H groups in total. The van der Waals surface area contributed by atoms with Gasteiger partial charge in [0.1, 0.15) is 22.7 Å². The molecule has 3 aromatic heterocycles. The SMILES string of the molecule is Cc1nc2c(F)cc(-c3c[nH]c4nc(NCC(C)(C)F)ncc34)cc2n1C1CCN(C)CC1. The number of hydrogen-bond donors (Lipinski definition) is 2. The molecule has 1 saturated heterocycles. The average Bonchev–Trinajstić information content (AvgIpc) is 3.33. The highest BCUT2D eigenvalue weighted by molar-refractivity contribution is 5.96. The standard InChI is InChI=1S/C24H29F2N7/c1-14-30-21-19(25)9-15(10-20(21)33(14)16-5-7-32(4)8-6-16)17-11-27-22-18(17)12-28-23(31-22)29-13-24(2,3)26/h9-12,16H,5-8,13H2,1-4H3,(H2,27,28,29,31). The van der Waals surface area contributed by atoms with Crippen molar-refractivity contribution in [2.24, 2.45) is 0 Å². The normalized spacial score (nSPS) is 16.2. The highest BCUT2D eigenvalue weighted by Crippen LogP contribution is 2.35. The summed E-state index contributed by atoms with van der Waals surface area (Å²) in [6.45, 7) is 7.07. The van der Waals surface area contributed by atoms with E-state index in [9.17, 15) is 4.39 Å². The van der Waals surface area contributed by atoms with E-state index in [1.807, 2.05) is 19.2 Å². The maximum absolute atomic E-state index is 15.2. The number of piperidine rings is 1. The van der Waals surface area contributed by atoms with Gasteiger partial charge in [0.05, 0.1) is 12.1 Å². The van der Waals surface area contributed by atoms with Crippen molar-refractivity contribution in [3.63, 3.8) is 0 Å². The van der Waals surface area contributed by atoms with Gasteiger partial charge in [0.15, 0.2) is 5.82 Å². The van der Waals surface area contributed by atoms with Crippen LogP contribution in [0.5, 0.6) is 0 Å². The minimum Gasteiger partial charge on any atom is -0.351 e. The molecule has 33 heavy (non-hydrogen) atoms. The Balaban J connectivity index is 1.54. The van der Waals surface area contributed by atoms with E-state index in [-0.39, 0.29) is 12.4 Å². The third-order valence-electron chi connectivity index (χ3n) is 6.39. The summed E-state index contributed by atoms with van der Waals surface area (Å²) < 4.78 is 31.2. The Morgan fingerprint density at radius 1 is 1.21 bits per heavy atom. The smallest absolute Gasteiger partial charge is 0.224 e. The summed E-state index contributed by atoms with van der Waals surface area (Å²) in [5.41, 5.74) is 2.02. The minimum atomic E-state index is -1.37. The third-order valence-corrected chi connectivity index (χ3v) is 6.39. The number of likely N-dealkylation sites (tertiary alicyclic amines) is 1. The topological polar surface area (TPSA) is 74.7 Å². The van der Waals surface area contributed by atoms with Gasteiger partial charge in [0.2, 0.25) is 5.95 Å². The van der Waals surface area contributed by atoms with E-state index in [1.165, 1.54) is 19.9 Å². The maximum Gasteiger partial charge on any atom is 0.224 e. The molecule has 0 atom stereocenters. The molecule has 7 nitrogen and oxygen atoms in total. The van der Waals surface area contributed by atoms with E-state index in [1.54, 1.807) is 6.20 Å². The van der Waals surface area contributed by atoms with Crippen LogP contribution in [0.3, 0.4) is 0 Å². The van der Waals surface area contributed by atoms with Gasteiger partial charge in [-0.05, 0) is 71.4 Å². The van der Waals surface area contributed by atoms with Crippen molar-refractivity contribution in [3.8, 4) is 11.1 Å². The van der Waals surface area contributed by atoms with Crippen molar-refractivity contribution in [2.45, 2.75) is 45.3 Å². The van der Waals surface area contributed by atoms with Gasteiger partial charge >= 0.3 is 0 Å². The molecule has 1 fully saturated rings. The van der Waals surface area contributed by atoms with Crippen LogP contribution in [-0.4, -0.2) is 61.8 Å². The van der Waals surface area contributed by atoms with Crippen molar-refractivity contribution in [2.75, 3.05) is 32.0 Å². The molecule has 1 aromatic carbocycles. The third kappa shape index (κ3) is 4.17. The lowest BCUT2D eigenvalue weighted by Gasteiger charge is -2.30. The van der Waals surface area contributed by atoms with Crippen LogP contribution in [0.15, 0.2) is 24.5 Å². The van der Waals surface area contributed by atoms with E-state index < -0.39 is 5.67 Å². The first-order chi connectivity index (χ1) is 15.7. The number of rotatable bonds is 5. The van der Waals surface area contributed by atoms with Gasteiger partial charge in [0.25, 0.3) is 0 Å². The van der Waals surface area contributed by atoms with Crippen molar-refractivity contribution in [1.82, 2.24) is 29.4 Å². The lowest BCUT2D eigenvalue weighted by molar-refractivity contribution is 0.222. The highest BCUT2D eigenvalue weighted by atomic mass is 19.1. The first-order valence-corrected chi connectivity index (χ1v) is 11.3. The minimum absolute atomic E-state index is 0.105. The zero-order valence-electron chi connectivity index (χ0n) is 19.4. The zero-order chi connectivity index (χ0) is 23.3. The lowest BCUT2D eigenvalue weighted by atomic mass is 10.0. The van der Waals surface area contributed by atoms with E-state index in [0.29, 0.717) is 23.2 Å². The molecular formula is C24H29F2N7. The molecule has 0 amide bonds. The molecular weight excluding hydrogens is 424 g/mol. The predicted octanol–water partition coefficient (Wildman–Crippen LogP) is 4.85. The van der Waals surface area contributed by atoms with Crippen molar-refractivity contribution >= 4 is 28.0 Å². The Labute approximate surface area is 191 Å². The summed E-state index contributed by atoms with van der Waals surface area (Å²) in [6.07, 6.45) is 5.53. The van der Waals surface area contributed by atoms with Crippen LogP contribution in [0.25, 0.3) is 33.2 Å². The fraction of sp³-hybridized carbons (Fsp3) is 0.458. The Hall–Kier alpha value is -3.07. The average molecular weight is 454 g/mol. The van der Waals surface area contributed by atoms with E-state index in [0.717, 1.165) is 53.8 Å². The number of fused-ring (bicyclic) bond motifs is 2. The number of H-pyrrole nitrogens is 1. The second-order valence-corrected chi connectivity index (χ2v) is 9.62. The van der Waals surface area contributed by atoms with Crippen LogP contribution in [0.1, 0.15) is 38.6 Å². The van der Waals surface area contributed by atoms with Crippen molar-refractivity contribution in [1.29, 1.82) is 0 Å². The van der Waals surface area contributed by atoms with Gasteiger partial charge in [0, 0.05) is 29.4 Å². The van der Waals surface area contributed by atoms with E-state index >= 15 is 4.39 Å². The molecule has 174 valence electrons. The fourth-order valence-corrected chi connectivity index (χ4v) is 4.66.